The summed E-state index contributed by atoms with van der Waals surface area (Å²) in [6, 6.07) is 0. The Labute approximate surface area is 112 Å². The van der Waals surface area contributed by atoms with Gasteiger partial charge in [-0.3, -0.25) is 0 Å². The Morgan fingerprint density at radius 3 is 2.26 bits per heavy atom. The van der Waals surface area contributed by atoms with Crippen LogP contribution in [0.3, 0.4) is 0 Å². The number of aryl methyl sites for hydroxylation is 2. The molecule has 1 rings (SSSR count). The van der Waals surface area contributed by atoms with Crippen molar-refractivity contribution in [3.05, 3.63) is 21.6 Å². The topological polar surface area (TPSA) is 112 Å². The van der Waals surface area contributed by atoms with Crippen LogP contribution in [0, 0.1) is 17.0 Å². The summed E-state index contributed by atoms with van der Waals surface area (Å²) in [7, 11) is 0. The van der Waals surface area contributed by atoms with Gasteiger partial charge in [-0.2, -0.15) is 0 Å². The van der Waals surface area contributed by atoms with Crippen molar-refractivity contribution in [2.24, 2.45) is 0 Å². The predicted molar refractivity (Wildman–Crippen MR) is 70.9 cm³/mol. The summed E-state index contributed by atoms with van der Waals surface area (Å²) >= 11 is 0. The highest BCUT2D eigenvalue weighted by Gasteiger charge is 2.05. The molecule has 0 saturated carbocycles. The van der Waals surface area contributed by atoms with E-state index in [0.29, 0.717) is 0 Å². The van der Waals surface area contributed by atoms with E-state index in [0.717, 1.165) is 24.4 Å². The average molecular weight is 273 g/mol. The van der Waals surface area contributed by atoms with Gasteiger partial charge in [-0.05, 0) is 19.8 Å². The summed E-state index contributed by atoms with van der Waals surface area (Å²) in [5, 5.41) is 23.1. The number of nitrogens with one attached hydrogen (secondary N) is 1. The van der Waals surface area contributed by atoms with Gasteiger partial charge in [-0.15, -0.1) is 10.1 Å². The molecule has 7 heteroatoms. The molecule has 1 aromatic rings. The molecular weight excluding hydrogens is 250 g/mol. The van der Waals surface area contributed by atoms with Crippen LogP contribution in [-0.4, -0.2) is 25.4 Å². The first-order chi connectivity index (χ1) is 8.97. The third-order valence-corrected chi connectivity index (χ3v) is 2.64. The SMILES string of the molecule is CCCCCCCCc1nc(C)[nH]c1O.O=[N+]([O-])O. The number of aromatic nitrogens is 2. The molecule has 7 nitrogen and oxygen atoms in total. The van der Waals surface area contributed by atoms with E-state index in [1.54, 1.807) is 0 Å². The van der Waals surface area contributed by atoms with Crippen molar-refractivity contribution in [3.8, 4) is 5.88 Å². The van der Waals surface area contributed by atoms with E-state index in [1.165, 1.54) is 32.1 Å². The number of hydrogen-bond donors (Lipinski definition) is 3. The number of nitrogens with zero attached hydrogens (tertiary/aromatic N) is 2. The van der Waals surface area contributed by atoms with Crippen LogP contribution in [0.1, 0.15) is 57.0 Å². The maximum atomic E-state index is 9.45. The zero-order chi connectivity index (χ0) is 14.7. The molecule has 0 bridgehead atoms. The lowest BCUT2D eigenvalue weighted by Gasteiger charge is -1.99. The van der Waals surface area contributed by atoms with Crippen molar-refractivity contribution < 1.29 is 15.4 Å². The van der Waals surface area contributed by atoms with Crippen LogP contribution < -0.4 is 0 Å². The molecule has 0 unspecified atom stereocenters. The fourth-order valence-electron chi connectivity index (χ4n) is 1.77. The highest BCUT2D eigenvalue weighted by atomic mass is 16.9. The third kappa shape index (κ3) is 9.87. The first kappa shape index (κ1) is 17.2. The van der Waals surface area contributed by atoms with Crippen LogP contribution in [0.5, 0.6) is 5.88 Å². The number of imidazole rings is 1. The second-order valence-corrected chi connectivity index (χ2v) is 4.37. The molecule has 0 radical (unpaired) electrons. The Morgan fingerprint density at radius 1 is 1.26 bits per heavy atom. The maximum absolute atomic E-state index is 9.45. The predicted octanol–water partition coefficient (Wildman–Crippen LogP) is 2.98. The lowest BCUT2D eigenvalue weighted by molar-refractivity contribution is -0.742. The van der Waals surface area contributed by atoms with Gasteiger partial charge in [0.25, 0.3) is 5.09 Å². The van der Waals surface area contributed by atoms with Gasteiger partial charge in [-0.25, -0.2) is 4.98 Å². The fraction of sp³-hybridized carbons (Fsp3) is 0.750. The molecule has 0 aliphatic rings. The van der Waals surface area contributed by atoms with E-state index in [4.69, 9.17) is 15.3 Å². The molecule has 0 spiro atoms. The van der Waals surface area contributed by atoms with Crippen LogP contribution in [0.25, 0.3) is 0 Å². The van der Waals surface area contributed by atoms with Crippen molar-refractivity contribution in [3.63, 3.8) is 0 Å². The van der Waals surface area contributed by atoms with Gasteiger partial charge < -0.3 is 15.3 Å². The summed E-state index contributed by atoms with van der Waals surface area (Å²) in [6.07, 6.45) is 8.53. The molecule has 0 fully saturated rings. The highest BCUT2D eigenvalue weighted by Crippen LogP contribution is 2.16. The quantitative estimate of drug-likeness (QED) is 0.401. The highest BCUT2D eigenvalue weighted by molar-refractivity contribution is 5.18. The van der Waals surface area contributed by atoms with E-state index in [1.807, 2.05) is 6.92 Å². The van der Waals surface area contributed by atoms with E-state index in [9.17, 15) is 5.11 Å². The monoisotopic (exact) mass is 273 g/mol. The largest absolute Gasteiger partial charge is 0.493 e. The average Bonchev–Trinajstić information content (AvgIpc) is 2.61. The molecular formula is C12H23N3O4. The number of H-pyrrole nitrogens is 1. The number of unbranched alkanes of at least 4 members (excludes halogenated alkanes) is 5. The zero-order valence-corrected chi connectivity index (χ0v) is 11.6. The molecule has 0 aromatic carbocycles. The van der Waals surface area contributed by atoms with Crippen molar-refractivity contribution >= 4 is 0 Å². The summed E-state index contributed by atoms with van der Waals surface area (Å²) in [5.41, 5.74) is 0.822. The molecule has 19 heavy (non-hydrogen) atoms. The Balaban J connectivity index is 0.000000711. The standard InChI is InChI=1S/C12H22N2O.HNO3/c1-3-4-5-6-7-8-9-11-12(15)14-10(2)13-11;2-1(3)4/h15H,3-9H2,1-2H3,(H,13,14);(H,2,3,4). The Bertz CT molecular complexity index is 362. The molecule has 0 atom stereocenters. The van der Waals surface area contributed by atoms with Crippen molar-refractivity contribution in [2.75, 3.05) is 0 Å². The molecule has 0 saturated heterocycles. The minimum absolute atomic E-state index is 0.251. The van der Waals surface area contributed by atoms with Crippen LogP contribution in [0.15, 0.2) is 0 Å². The molecule has 1 aromatic heterocycles. The third-order valence-electron chi connectivity index (χ3n) is 2.64. The van der Waals surface area contributed by atoms with Crippen LogP contribution in [0.4, 0.5) is 0 Å². The zero-order valence-electron chi connectivity index (χ0n) is 11.6. The summed E-state index contributed by atoms with van der Waals surface area (Å²) in [6.45, 7) is 4.09. The van der Waals surface area contributed by atoms with Gasteiger partial charge in [0.2, 0.25) is 5.88 Å². The Kier molecular flexibility index (Phi) is 9.20. The molecule has 1 heterocycles. The van der Waals surface area contributed by atoms with E-state index in [-0.39, 0.29) is 5.88 Å². The van der Waals surface area contributed by atoms with Crippen LogP contribution in [0.2, 0.25) is 0 Å². The number of rotatable bonds is 7. The van der Waals surface area contributed by atoms with Gasteiger partial charge >= 0.3 is 0 Å². The Morgan fingerprint density at radius 2 is 1.79 bits per heavy atom. The second-order valence-electron chi connectivity index (χ2n) is 4.37. The Hall–Kier alpha value is -1.79. The lowest BCUT2D eigenvalue weighted by Crippen LogP contribution is -1.87. The van der Waals surface area contributed by atoms with Gasteiger partial charge in [-0.1, -0.05) is 39.0 Å². The molecule has 3 N–H and O–H groups in total. The van der Waals surface area contributed by atoms with E-state index < -0.39 is 5.09 Å². The van der Waals surface area contributed by atoms with E-state index in [2.05, 4.69) is 16.9 Å². The van der Waals surface area contributed by atoms with Crippen LogP contribution in [-0.2, 0) is 6.42 Å². The summed E-state index contributed by atoms with van der Waals surface area (Å²) < 4.78 is 0. The lowest BCUT2D eigenvalue weighted by atomic mass is 10.1. The second kappa shape index (κ2) is 10.2. The fourth-order valence-corrected chi connectivity index (χ4v) is 1.77. The summed E-state index contributed by atoms with van der Waals surface area (Å²) in [5.74, 6) is 1.05. The van der Waals surface area contributed by atoms with Gasteiger partial charge in [0, 0.05) is 0 Å². The molecule has 0 aliphatic carbocycles. The van der Waals surface area contributed by atoms with Crippen LogP contribution >= 0.6 is 0 Å². The van der Waals surface area contributed by atoms with Gasteiger partial charge in [0.05, 0.1) is 0 Å². The molecule has 110 valence electrons. The smallest absolute Gasteiger partial charge is 0.291 e. The first-order valence-corrected chi connectivity index (χ1v) is 6.55. The maximum Gasteiger partial charge on any atom is 0.291 e. The van der Waals surface area contributed by atoms with Crippen molar-refractivity contribution in [2.45, 2.75) is 58.8 Å². The minimum atomic E-state index is -1.50. The number of aromatic hydroxyl groups is 1. The van der Waals surface area contributed by atoms with Crippen molar-refractivity contribution in [1.82, 2.24) is 9.97 Å². The number of aromatic amines is 1. The van der Waals surface area contributed by atoms with Gasteiger partial charge in [0.1, 0.15) is 11.5 Å². The number of hydrogen-bond acceptors (Lipinski definition) is 4. The van der Waals surface area contributed by atoms with E-state index >= 15 is 0 Å². The van der Waals surface area contributed by atoms with Gasteiger partial charge in [0.15, 0.2) is 0 Å². The molecule has 0 aliphatic heterocycles. The first-order valence-electron chi connectivity index (χ1n) is 6.55. The molecule has 0 amide bonds. The summed E-state index contributed by atoms with van der Waals surface area (Å²) in [4.78, 5) is 15.4. The normalized spacial score (nSPS) is 9.79. The van der Waals surface area contributed by atoms with Crippen molar-refractivity contribution in [1.29, 1.82) is 0 Å². The minimum Gasteiger partial charge on any atom is -0.493 e.